The van der Waals surface area contributed by atoms with E-state index in [1.165, 1.54) is 0 Å². The fourth-order valence-corrected chi connectivity index (χ4v) is 3.17. The molecule has 1 aromatic rings. The van der Waals surface area contributed by atoms with Gasteiger partial charge >= 0.3 is 0 Å². The molecule has 2 unspecified atom stereocenters. The number of benzene rings is 1. The highest BCUT2D eigenvalue weighted by Crippen LogP contribution is 2.30. The molecule has 0 amide bonds. The maximum Gasteiger partial charge on any atom is 0.194 e. The number of nitrogens with zero attached hydrogens (tertiary/aromatic N) is 1. The second kappa shape index (κ2) is 6.59. The van der Waals surface area contributed by atoms with E-state index >= 15 is 0 Å². The van der Waals surface area contributed by atoms with Crippen molar-refractivity contribution in [2.24, 2.45) is 11.7 Å². The van der Waals surface area contributed by atoms with E-state index in [1.54, 1.807) is 0 Å². The van der Waals surface area contributed by atoms with Gasteiger partial charge in [-0.25, -0.2) is 13.2 Å². The highest BCUT2D eigenvalue weighted by atomic mass is 19.2. The van der Waals surface area contributed by atoms with Crippen LogP contribution in [-0.4, -0.2) is 24.0 Å². The highest BCUT2D eigenvalue weighted by Gasteiger charge is 2.30. The number of hydrogen-bond donors (Lipinski definition) is 1. The van der Waals surface area contributed by atoms with Gasteiger partial charge in [0.2, 0.25) is 0 Å². The number of rotatable bonds is 5. The Morgan fingerprint density at radius 2 is 1.85 bits per heavy atom. The van der Waals surface area contributed by atoms with Crippen LogP contribution in [0.25, 0.3) is 0 Å². The van der Waals surface area contributed by atoms with Crippen LogP contribution in [0.15, 0.2) is 12.1 Å². The first-order chi connectivity index (χ1) is 9.56. The Morgan fingerprint density at radius 3 is 2.40 bits per heavy atom. The number of halogens is 3. The molecule has 0 bridgehead atoms. The van der Waals surface area contributed by atoms with Crippen molar-refractivity contribution in [3.8, 4) is 0 Å². The lowest BCUT2D eigenvalue weighted by atomic mass is 10.0. The zero-order chi connectivity index (χ0) is 14.7. The van der Waals surface area contributed by atoms with Gasteiger partial charge in [-0.3, -0.25) is 4.90 Å². The molecule has 2 atom stereocenters. The van der Waals surface area contributed by atoms with Gasteiger partial charge in [-0.15, -0.1) is 0 Å². The third kappa shape index (κ3) is 3.15. The Balaban J connectivity index is 2.14. The Kier molecular flexibility index (Phi) is 5.05. The normalized spacial score (nSPS) is 22.7. The molecular weight excluding hydrogens is 265 g/mol. The second-order valence-corrected chi connectivity index (χ2v) is 5.43. The molecule has 0 radical (unpaired) electrons. The lowest BCUT2D eigenvalue weighted by Crippen LogP contribution is -2.39. The van der Waals surface area contributed by atoms with E-state index in [-0.39, 0.29) is 0 Å². The highest BCUT2D eigenvalue weighted by molar-refractivity contribution is 5.19. The number of hydrogen-bond acceptors (Lipinski definition) is 2. The van der Waals surface area contributed by atoms with E-state index in [1.807, 2.05) is 6.92 Å². The van der Waals surface area contributed by atoms with Crippen LogP contribution in [0.2, 0.25) is 0 Å². The quantitative estimate of drug-likeness (QED) is 0.843. The van der Waals surface area contributed by atoms with Crippen molar-refractivity contribution in [3.63, 3.8) is 0 Å². The van der Waals surface area contributed by atoms with Gasteiger partial charge in [-0.05, 0) is 49.5 Å². The van der Waals surface area contributed by atoms with Crippen molar-refractivity contribution in [1.29, 1.82) is 0 Å². The molecule has 5 heteroatoms. The van der Waals surface area contributed by atoms with Crippen molar-refractivity contribution in [2.45, 2.75) is 38.8 Å². The van der Waals surface area contributed by atoms with Gasteiger partial charge < -0.3 is 5.73 Å². The van der Waals surface area contributed by atoms with E-state index < -0.39 is 17.5 Å². The largest absolute Gasteiger partial charge is 0.330 e. The van der Waals surface area contributed by atoms with E-state index in [0.717, 1.165) is 37.9 Å². The van der Waals surface area contributed by atoms with Crippen LogP contribution in [0, 0.1) is 23.4 Å². The van der Waals surface area contributed by atoms with Gasteiger partial charge in [0, 0.05) is 12.6 Å². The minimum Gasteiger partial charge on any atom is -0.330 e. The van der Waals surface area contributed by atoms with Crippen LogP contribution in [0.4, 0.5) is 13.2 Å². The molecule has 20 heavy (non-hydrogen) atoms. The van der Waals surface area contributed by atoms with E-state index in [2.05, 4.69) is 4.90 Å². The molecule has 1 aromatic carbocycles. The topological polar surface area (TPSA) is 29.3 Å². The minimum atomic E-state index is -1.41. The summed E-state index contributed by atoms with van der Waals surface area (Å²) < 4.78 is 39.5. The molecule has 0 heterocycles. The minimum absolute atomic E-state index is 0.348. The van der Waals surface area contributed by atoms with E-state index in [0.29, 0.717) is 30.6 Å². The SMILES string of the molecule is CCN(Cc1cc(F)c(F)c(F)c1)C1CCCC1CN. The van der Waals surface area contributed by atoms with Gasteiger partial charge in [0.25, 0.3) is 0 Å². The summed E-state index contributed by atoms with van der Waals surface area (Å²) in [5, 5.41) is 0. The Hall–Kier alpha value is -1.07. The Morgan fingerprint density at radius 1 is 1.20 bits per heavy atom. The van der Waals surface area contributed by atoms with E-state index in [4.69, 9.17) is 5.73 Å². The fourth-order valence-electron chi connectivity index (χ4n) is 3.17. The third-order valence-electron chi connectivity index (χ3n) is 4.23. The summed E-state index contributed by atoms with van der Waals surface area (Å²) in [6.45, 7) is 3.85. The molecular formula is C15H21F3N2. The van der Waals surface area contributed by atoms with Crippen LogP contribution < -0.4 is 5.73 Å². The Labute approximate surface area is 117 Å². The molecule has 112 valence electrons. The first-order valence-corrected chi connectivity index (χ1v) is 7.14. The number of nitrogens with two attached hydrogens (primary N) is 1. The molecule has 2 nitrogen and oxygen atoms in total. The van der Waals surface area contributed by atoms with Crippen LogP contribution in [0.1, 0.15) is 31.7 Å². The first-order valence-electron chi connectivity index (χ1n) is 7.14. The predicted molar refractivity (Wildman–Crippen MR) is 72.6 cm³/mol. The van der Waals surface area contributed by atoms with Crippen molar-refractivity contribution >= 4 is 0 Å². The molecule has 1 fully saturated rings. The van der Waals surface area contributed by atoms with Gasteiger partial charge in [0.15, 0.2) is 17.5 Å². The predicted octanol–water partition coefficient (Wildman–Crippen LogP) is 3.05. The smallest absolute Gasteiger partial charge is 0.194 e. The zero-order valence-electron chi connectivity index (χ0n) is 11.7. The molecule has 1 saturated carbocycles. The summed E-state index contributed by atoms with van der Waals surface area (Å²) >= 11 is 0. The zero-order valence-corrected chi connectivity index (χ0v) is 11.7. The monoisotopic (exact) mass is 286 g/mol. The summed E-state index contributed by atoms with van der Waals surface area (Å²) in [7, 11) is 0. The molecule has 1 aliphatic rings. The summed E-state index contributed by atoms with van der Waals surface area (Å²) in [5.41, 5.74) is 6.25. The summed E-state index contributed by atoms with van der Waals surface area (Å²) in [6.07, 6.45) is 3.29. The fraction of sp³-hybridized carbons (Fsp3) is 0.600. The van der Waals surface area contributed by atoms with Crippen LogP contribution in [0.5, 0.6) is 0 Å². The molecule has 2 N–H and O–H groups in total. The summed E-state index contributed by atoms with van der Waals surface area (Å²) in [4.78, 5) is 2.18. The van der Waals surface area contributed by atoms with Crippen molar-refractivity contribution < 1.29 is 13.2 Å². The maximum atomic E-state index is 13.3. The van der Waals surface area contributed by atoms with Gasteiger partial charge in [0.05, 0.1) is 0 Å². The summed E-state index contributed by atoms with van der Waals surface area (Å²) in [6, 6.07) is 2.50. The Bertz CT molecular complexity index is 441. The van der Waals surface area contributed by atoms with Crippen LogP contribution in [0.3, 0.4) is 0 Å². The molecule has 1 aliphatic carbocycles. The molecule has 0 aliphatic heterocycles. The molecule has 0 saturated heterocycles. The van der Waals surface area contributed by atoms with E-state index in [9.17, 15) is 13.2 Å². The molecule has 2 rings (SSSR count). The average Bonchev–Trinajstić information content (AvgIpc) is 2.90. The van der Waals surface area contributed by atoms with Crippen molar-refractivity contribution in [2.75, 3.05) is 13.1 Å². The standard InChI is InChI=1S/C15H21F3N2/c1-2-20(14-5-3-4-11(14)8-19)9-10-6-12(16)15(18)13(17)7-10/h6-7,11,14H,2-5,8-9,19H2,1H3. The lowest BCUT2D eigenvalue weighted by molar-refractivity contribution is 0.161. The van der Waals surface area contributed by atoms with Crippen LogP contribution in [-0.2, 0) is 6.54 Å². The summed E-state index contributed by atoms with van der Waals surface area (Å²) in [5.74, 6) is -3.22. The first kappa shape index (κ1) is 15.3. The lowest BCUT2D eigenvalue weighted by Gasteiger charge is -2.31. The molecule has 0 spiro atoms. The van der Waals surface area contributed by atoms with Gasteiger partial charge in [-0.2, -0.15) is 0 Å². The van der Waals surface area contributed by atoms with Crippen molar-refractivity contribution in [1.82, 2.24) is 4.90 Å². The maximum absolute atomic E-state index is 13.3. The van der Waals surface area contributed by atoms with Gasteiger partial charge in [-0.1, -0.05) is 13.3 Å². The third-order valence-corrected chi connectivity index (χ3v) is 4.23. The van der Waals surface area contributed by atoms with Crippen molar-refractivity contribution in [3.05, 3.63) is 35.1 Å². The van der Waals surface area contributed by atoms with Crippen LogP contribution >= 0.6 is 0 Å². The molecule has 0 aromatic heterocycles. The second-order valence-electron chi connectivity index (χ2n) is 5.43. The van der Waals surface area contributed by atoms with Gasteiger partial charge in [0.1, 0.15) is 0 Å². The average molecular weight is 286 g/mol.